The molecule has 0 aliphatic heterocycles. The number of fused-ring (bicyclic) bond motifs is 3. The number of thiophene rings is 1. The molecule has 1 aromatic carbocycles. The molecule has 3 aromatic rings. The molecule has 0 saturated carbocycles. The molecule has 1 aliphatic carbocycles. The van der Waals surface area contributed by atoms with Crippen molar-refractivity contribution in [2.24, 2.45) is 5.92 Å². The minimum absolute atomic E-state index is 0.00774. The number of aryl methyl sites for hydroxylation is 1. The highest BCUT2D eigenvalue weighted by Crippen LogP contribution is 2.40. The number of amides is 1. The summed E-state index contributed by atoms with van der Waals surface area (Å²) in [5.74, 6) is 1.02. The van der Waals surface area contributed by atoms with Gasteiger partial charge in [0.1, 0.15) is 10.6 Å². The Hall–Kier alpha value is -2.45. The van der Waals surface area contributed by atoms with Gasteiger partial charge in [-0.05, 0) is 68.9 Å². The SMILES string of the molecule is CC(=O)c1ccc(NC(=O)C(C)Sc2nc(N)c3c4c(sc3n2)CC(C)CC4)cc1. The molecule has 2 aromatic heterocycles. The molecule has 3 N–H and O–H groups in total. The largest absolute Gasteiger partial charge is 0.383 e. The number of thioether (sulfide) groups is 1. The Bertz CT molecular complexity index is 1120. The lowest BCUT2D eigenvalue weighted by Crippen LogP contribution is -2.22. The Morgan fingerprint density at radius 3 is 2.70 bits per heavy atom. The van der Waals surface area contributed by atoms with E-state index in [1.165, 1.54) is 35.5 Å². The van der Waals surface area contributed by atoms with Crippen molar-refractivity contribution in [2.45, 2.75) is 50.4 Å². The number of nitrogens with zero attached hydrogens (tertiary/aromatic N) is 2. The van der Waals surface area contributed by atoms with Crippen molar-refractivity contribution >= 4 is 56.5 Å². The van der Waals surface area contributed by atoms with Crippen LogP contribution in [0.2, 0.25) is 0 Å². The van der Waals surface area contributed by atoms with Gasteiger partial charge in [-0.1, -0.05) is 18.7 Å². The van der Waals surface area contributed by atoms with Gasteiger partial charge in [0.2, 0.25) is 5.91 Å². The van der Waals surface area contributed by atoms with Crippen LogP contribution in [0.4, 0.5) is 11.5 Å². The third-order valence-electron chi connectivity index (χ3n) is 5.37. The van der Waals surface area contributed by atoms with E-state index in [2.05, 4.69) is 17.2 Å². The molecule has 30 heavy (non-hydrogen) atoms. The van der Waals surface area contributed by atoms with Crippen LogP contribution in [-0.4, -0.2) is 26.9 Å². The average Bonchev–Trinajstić information content (AvgIpc) is 3.05. The number of nitrogens with two attached hydrogens (primary N) is 1. The van der Waals surface area contributed by atoms with Crippen LogP contribution >= 0.6 is 23.1 Å². The predicted octanol–water partition coefficient (Wildman–Crippen LogP) is 4.72. The lowest BCUT2D eigenvalue weighted by Gasteiger charge is -2.17. The molecule has 0 radical (unpaired) electrons. The zero-order valence-corrected chi connectivity index (χ0v) is 18.8. The van der Waals surface area contributed by atoms with Crippen LogP contribution in [0, 0.1) is 5.92 Å². The predicted molar refractivity (Wildman–Crippen MR) is 123 cm³/mol. The summed E-state index contributed by atoms with van der Waals surface area (Å²) >= 11 is 2.99. The van der Waals surface area contributed by atoms with Crippen LogP contribution in [0.25, 0.3) is 10.2 Å². The van der Waals surface area contributed by atoms with Gasteiger partial charge in [0, 0.05) is 16.1 Å². The molecule has 156 valence electrons. The number of aromatic nitrogens is 2. The fourth-order valence-corrected chi connectivity index (χ4v) is 5.87. The maximum absolute atomic E-state index is 12.6. The Morgan fingerprint density at radius 1 is 1.27 bits per heavy atom. The average molecular weight is 441 g/mol. The number of carbonyl (C=O) groups excluding carboxylic acids is 2. The molecule has 0 saturated heterocycles. The molecule has 0 bridgehead atoms. The normalized spacial score (nSPS) is 16.8. The summed E-state index contributed by atoms with van der Waals surface area (Å²) in [6.45, 7) is 5.60. The number of benzene rings is 1. The van der Waals surface area contributed by atoms with Gasteiger partial charge in [0.15, 0.2) is 10.9 Å². The molecular weight excluding hydrogens is 416 g/mol. The number of hydrogen-bond acceptors (Lipinski definition) is 7. The van der Waals surface area contributed by atoms with Crippen molar-refractivity contribution < 1.29 is 9.59 Å². The van der Waals surface area contributed by atoms with Crippen LogP contribution in [0.3, 0.4) is 0 Å². The molecule has 2 heterocycles. The third-order valence-corrected chi connectivity index (χ3v) is 7.48. The molecule has 0 fully saturated rings. The summed E-state index contributed by atoms with van der Waals surface area (Å²) in [6.07, 6.45) is 3.26. The summed E-state index contributed by atoms with van der Waals surface area (Å²) in [6, 6.07) is 6.85. The fourth-order valence-electron chi connectivity index (χ4n) is 3.65. The molecule has 1 aliphatic rings. The molecule has 1 amide bonds. The monoisotopic (exact) mass is 440 g/mol. The van der Waals surface area contributed by atoms with Crippen molar-refractivity contribution in [3.8, 4) is 0 Å². The van der Waals surface area contributed by atoms with Crippen molar-refractivity contribution in [1.82, 2.24) is 9.97 Å². The maximum Gasteiger partial charge on any atom is 0.237 e. The first-order valence-corrected chi connectivity index (χ1v) is 11.7. The van der Waals surface area contributed by atoms with Crippen LogP contribution < -0.4 is 11.1 Å². The second-order valence-electron chi connectivity index (χ2n) is 7.81. The van der Waals surface area contributed by atoms with E-state index in [1.54, 1.807) is 35.6 Å². The topological polar surface area (TPSA) is 98.0 Å². The number of ketones is 1. The number of anilines is 2. The van der Waals surface area contributed by atoms with Gasteiger partial charge >= 0.3 is 0 Å². The van der Waals surface area contributed by atoms with Gasteiger partial charge in [-0.3, -0.25) is 9.59 Å². The van der Waals surface area contributed by atoms with E-state index < -0.39 is 5.25 Å². The van der Waals surface area contributed by atoms with Crippen LogP contribution in [0.5, 0.6) is 0 Å². The first-order chi connectivity index (χ1) is 14.3. The fraction of sp³-hybridized carbons (Fsp3) is 0.364. The number of carbonyl (C=O) groups is 2. The van der Waals surface area contributed by atoms with Gasteiger partial charge in [0.25, 0.3) is 0 Å². The summed E-state index contributed by atoms with van der Waals surface area (Å²) < 4.78 is 0. The van der Waals surface area contributed by atoms with Gasteiger partial charge in [-0.2, -0.15) is 0 Å². The standard InChI is InChI=1S/C22H24N4O2S2/c1-11-4-9-16-17(10-11)30-21-18(16)19(23)25-22(26-21)29-13(3)20(28)24-15-7-5-14(6-8-15)12(2)27/h5-8,11,13H,4,9-10H2,1-3H3,(H,24,28)(H2,23,25,26). The Balaban J connectivity index is 1.49. The van der Waals surface area contributed by atoms with Crippen LogP contribution in [0.15, 0.2) is 29.4 Å². The highest BCUT2D eigenvalue weighted by Gasteiger charge is 2.24. The first-order valence-electron chi connectivity index (χ1n) is 9.98. The van der Waals surface area contributed by atoms with E-state index in [9.17, 15) is 9.59 Å². The zero-order valence-electron chi connectivity index (χ0n) is 17.2. The van der Waals surface area contributed by atoms with Crippen molar-refractivity contribution in [3.05, 3.63) is 40.3 Å². The third kappa shape index (κ3) is 4.20. The second kappa shape index (κ2) is 8.35. The quantitative estimate of drug-likeness (QED) is 0.338. The van der Waals surface area contributed by atoms with Gasteiger partial charge in [-0.15, -0.1) is 11.3 Å². The highest BCUT2D eigenvalue weighted by molar-refractivity contribution is 8.00. The van der Waals surface area contributed by atoms with E-state index in [-0.39, 0.29) is 11.7 Å². The molecule has 6 nitrogen and oxygen atoms in total. The maximum atomic E-state index is 12.6. The van der Waals surface area contributed by atoms with Gasteiger partial charge in [0.05, 0.1) is 10.6 Å². The summed E-state index contributed by atoms with van der Waals surface area (Å²) in [7, 11) is 0. The number of hydrogen-bond donors (Lipinski definition) is 2. The van der Waals surface area contributed by atoms with Gasteiger partial charge < -0.3 is 11.1 Å². The number of rotatable bonds is 5. The number of nitrogen functional groups attached to an aromatic ring is 1. The second-order valence-corrected chi connectivity index (χ2v) is 10.2. The lowest BCUT2D eigenvalue weighted by molar-refractivity contribution is -0.115. The van der Waals surface area contributed by atoms with E-state index in [0.29, 0.717) is 28.1 Å². The summed E-state index contributed by atoms with van der Waals surface area (Å²) in [5, 5.41) is 3.98. The smallest absolute Gasteiger partial charge is 0.237 e. The summed E-state index contributed by atoms with van der Waals surface area (Å²) in [4.78, 5) is 35.4. The molecule has 8 heteroatoms. The van der Waals surface area contributed by atoms with E-state index in [1.807, 2.05) is 6.92 Å². The molecule has 0 spiro atoms. The van der Waals surface area contributed by atoms with Crippen molar-refractivity contribution in [2.75, 3.05) is 11.1 Å². The van der Waals surface area contributed by atoms with Crippen molar-refractivity contribution in [1.29, 1.82) is 0 Å². The van der Waals surface area contributed by atoms with Crippen LogP contribution in [-0.2, 0) is 17.6 Å². The Morgan fingerprint density at radius 2 is 2.00 bits per heavy atom. The minimum atomic E-state index is -0.399. The van der Waals surface area contributed by atoms with E-state index in [4.69, 9.17) is 10.7 Å². The Labute approximate surface area is 183 Å². The zero-order chi connectivity index (χ0) is 21.4. The van der Waals surface area contributed by atoms with E-state index in [0.717, 1.165) is 23.1 Å². The van der Waals surface area contributed by atoms with E-state index >= 15 is 0 Å². The van der Waals surface area contributed by atoms with Crippen LogP contribution in [0.1, 0.15) is 48.0 Å². The Kier molecular flexibility index (Phi) is 5.79. The molecular formula is C22H24N4O2S2. The molecule has 4 rings (SSSR count). The first kappa shape index (κ1) is 20.8. The van der Waals surface area contributed by atoms with Gasteiger partial charge in [-0.25, -0.2) is 9.97 Å². The van der Waals surface area contributed by atoms with Crippen molar-refractivity contribution in [3.63, 3.8) is 0 Å². The number of nitrogens with one attached hydrogen (secondary N) is 1. The lowest BCUT2D eigenvalue weighted by atomic mass is 9.89. The highest BCUT2D eigenvalue weighted by atomic mass is 32.2. The number of Topliss-reactive ketones (excluding diaryl/α,β-unsaturated/α-hetero) is 1. The molecule has 2 atom stereocenters. The minimum Gasteiger partial charge on any atom is -0.383 e. The molecule has 2 unspecified atom stereocenters. The summed E-state index contributed by atoms with van der Waals surface area (Å²) in [5.41, 5.74) is 8.85.